The first-order valence-corrected chi connectivity index (χ1v) is 7.43. The van der Waals surface area contributed by atoms with Crippen LogP contribution in [0.5, 0.6) is 0 Å². The SMILES string of the molecule is CCC(C(C)C)n1cc(C)nc1NC1CCCC1. The van der Waals surface area contributed by atoms with Crippen LogP contribution in [0.3, 0.4) is 0 Å². The smallest absolute Gasteiger partial charge is 0.203 e. The number of anilines is 1. The third-order valence-corrected chi connectivity index (χ3v) is 4.09. The van der Waals surface area contributed by atoms with Crippen LogP contribution in [0.2, 0.25) is 0 Å². The molecule has 1 aromatic heterocycles. The summed E-state index contributed by atoms with van der Waals surface area (Å²) in [6.45, 7) is 8.94. The Labute approximate surface area is 111 Å². The van der Waals surface area contributed by atoms with Crippen LogP contribution in [0, 0.1) is 12.8 Å². The summed E-state index contributed by atoms with van der Waals surface area (Å²) in [6, 6.07) is 1.19. The molecule has 1 unspecified atom stereocenters. The molecular weight excluding hydrogens is 222 g/mol. The summed E-state index contributed by atoms with van der Waals surface area (Å²) in [7, 11) is 0. The Kier molecular flexibility index (Phi) is 4.31. The molecule has 2 rings (SSSR count). The maximum absolute atomic E-state index is 4.68. The van der Waals surface area contributed by atoms with E-state index in [9.17, 15) is 0 Å². The Hall–Kier alpha value is -0.990. The van der Waals surface area contributed by atoms with Gasteiger partial charge in [-0.1, -0.05) is 33.6 Å². The van der Waals surface area contributed by atoms with E-state index < -0.39 is 0 Å². The van der Waals surface area contributed by atoms with Crippen molar-refractivity contribution in [1.82, 2.24) is 9.55 Å². The van der Waals surface area contributed by atoms with Crippen LogP contribution in [0.25, 0.3) is 0 Å². The van der Waals surface area contributed by atoms with Crippen LogP contribution in [0.15, 0.2) is 6.20 Å². The van der Waals surface area contributed by atoms with Crippen molar-refractivity contribution in [2.75, 3.05) is 5.32 Å². The van der Waals surface area contributed by atoms with Gasteiger partial charge in [-0.15, -0.1) is 0 Å². The third kappa shape index (κ3) is 2.88. The van der Waals surface area contributed by atoms with Gasteiger partial charge in [0.05, 0.1) is 5.69 Å². The number of rotatable bonds is 5. The molecular formula is C15H27N3. The predicted octanol–water partition coefficient (Wildman–Crippen LogP) is 4.15. The Morgan fingerprint density at radius 1 is 1.39 bits per heavy atom. The fourth-order valence-electron chi connectivity index (χ4n) is 3.12. The number of imidazole rings is 1. The third-order valence-electron chi connectivity index (χ3n) is 4.09. The molecule has 0 saturated heterocycles. The fraction of sp³-hybridized carbons (Fsp3) is 0.800. The molecule has 0 spiro atoms. The van der Waals surface area contributed by atoms with Crippen molar-refractivity contribution in [3.05, 3.63) is 11.9 Å². The number of aromatic nitrogens is 2. The second-order valence-electron chi connectivity index (χ2n) is 5.96. The van der Waals surface area contributed by atoms with E-state index in [0.29, 0.717) is 18.0 Å². The molecule has 3 heteroatoms. The molecule has 0 bridgehead atoms. The van der Waals surface area contributed by atoms with Crippen LogP contribution in [0.4, 0.5) is 5.95 Å². The lowest BCUT2D eigenvalue weighted by atomic mass is 10.0. The van der Waals surface area contributed by atoms with Gasteiger partial charge < -0.3 is 9.88 Å². The number of nitrogens with zero attached hydrogens (tertiary/aromatic N) is 2. The number of nitrogens with one attached hydrogen (secondary N) is 1. The summed E-state index contributed by atoms with van der Waals surface area (Å²) in [5.74, 6) is 1.73. The summed E-state index contributed by atoms with van der Waals surface area (Å²) in [6.07, 6.45) is 8.67. The molecule has 1 aliphatic rings. The largest absolute Gasteiger partial charge is 0.353 e. The van der Waals surface area contributed by atoms with Gasteiger partial charge >= 0.3 is 0 Å². The standard InChI is InChI=1S/C15H27N3/c1-5-14(11(2)3)18-10-12(4)16-15(18)17-13-8-6-7-9-13/h10-11,13-14H,5-9H2,1-4H3,(H,16,17). The first kappa shape index (κ1) is 13.4. The highest BCUT2D eigenvalue weighted by molar-refractivity contribution is 5.31. The van der Waals surface area contributed by atoms with E-state index in [-0.39, 0.29) is 0 Å². The van der Waals surface area contributed by atoms with Gasteiger partial charge in [0.15, 0.2) is 0 Å². The lowest BCUT2D eigenvalue weighted by molar-refractivity contribution is 0.368. The van der Waals surface area contributed by atoms with Gasteiger partial charge in [0, 0.05) is 18.3 Å². The zero-order valence-corrected chi connectivity index (χ0v) is 12.2. The second kappa shape index (κ2) is 5.77. The van der Waals surface area contributed by atoms with Crippen LogP contribution in [0.1, 0.15) is 64.6 Å². The molecule has 1 fully saturated rings. The fourth-order valence-corrected chi connectivity index (χ4v) is 3.12. The lowest BCUT2D eigenvalue weighted by Gasteiger charge is -2.24. The molecule has 1 saturated carbocycles. The maximum Gasteiger partial charge on any atom is 0.203 e. The summed E-state index contributed by atoms with van der Waals surface area (Å²) >= 11 is 0. The average Bonchev–Trinajstić information content (AvgIpc) is 2.91. The molecule has 0 aliphatic heterocycles. The minimum Gasteiger partial charge on any atom is -0.353 e. The van der Waals surface area contributed by atoms with E-state index in [1.54, 1.807) is 0 Å². The topological polar surface area (TPSA) is 29.9 Å². The number of aryl methyl sites for hydroxylation is 1. The van der Waals surface area contributed by atoms with E-state index in [4.69, 9.17) is 0 Å². The number of hydrogen-bond acceptors (Lipinski definition) is 2. The van der Waals surface area contributed by atoms with Gasteiger partial charge in [0.1, 0.15) is 0 Å². The van der Waals surface area contributed by atoms with Crippen molar-refractivity contribution >= 4 is 5.95 Å². The van der Waals surface area contributed by atoms with Gasteiger partial charge in [0.2, 0.25) is 5.95 Å². The molecule has 1 aromatic rings. The summed E-state index contributed by atoms with van der Waals surface area (Å²) in [5, 5.41) is 3.65. The average molecular weight is 249 g/mol. The van der Waals surface area contributed by atoms with E-state index in [2.05, 4.69) is 48.8 Å². The quantitative estimate of drug-likeness (QED) is 0.849. The summed E-state index contributed by atoms with van der Waals surface area (Å²) in [4.78, 5) is 4.68. The molecule has 1 heterocycles. The molecule has 1 aliphatic carbocycles. The minimum atomic E-state index is 0.551. The van der Waals surface area contributed by atoms with Gasteiger partial charge in [-0.25, -0.2) is 4.98 Å². The lowest BCUT2D eigenvalue weighted by Crippen LogP contribution is -2.21. The van der Waals surface area contributed by atoms with Gasteiger partial charge in [-0.05, 0) is 32.1 Å². The first-order chi connectivity index (χ1) is 8.61. The van der Waals surface area contributed by atoms with E-state index in [0.717, 1.165) is 18.1 Å². The monoisotopic (exact) mass is 249 g/mol. The second-order valence-corrected chi connectivity index (χ2v) is 5.96. The van der Waals surface area contributed by atoms with Gasteiger partial charge in [-0.3, -0.25) is 0 Å². The van der Waals surface area contributed by atoms with Gasteiger partial charge in [-0.2, -0.15) is 0 Å². The van der Waals surface area contributed by atoms with E-state index >= 15 is 0 Å². The van der Waals surface area contributed by atoms with Crippen molar-refractivity contribution in [2.45, 2.75) is 71.9 Å². The van der Waals surface area contributed by atoms with Crippen molar-refractivity contribution in [2.24, 2.45) is 5.92 Å². The highest BCUT2D eigenvalue weighted by Gasteiger charge is 2.21. The molecule has 0 radical (unpaired) electrons. The molecule has 102 valence electrons. The van der Waals surface area contributed by atoms with Gasteiger partial charge in [0.25, 0.3) is 0 Å². The Bertz CT molecular complexity index is 375. The molecule has 18 heavy (non-hydrogen) atoms. The first-order valence-electron chi connectivity index (χ1n) is 7.43. The highest BCUT2D eigenvalue weighted by Crippen LogP contribution is 2.28. The van der Waals surface area contributed by atoms with Crippen molar-refractivity contribution < 1.29 is 0 Å². The zero-order chi connectivity index (χ0) is 13.1. The van der Waals surface area contributed by atoms with Crippen molar-refractivity contribution in [3.63, 3.8) is 0 Å². The Balaban J connectivity index is 2.18. The van der Waals surface area contributed by atoms with E-state index in [1.807, 2.05) is 0 Å². The highest BCUT2D eigenvalue weighted by atomic mass is 15.2. The Morgan fingerprint density at radius 3 is 2.61 bits per heavy atom. The normalized spacial score (nSPS) is 18.5. The summed E-state index contributed by atoms with van der Waals surface area (Å²) in [5.41, 5.74) is 1.12. The molecule has 3 nitrogen and oxygen atoms in total. The van der Waals surface area contributed by atoms with Crippen molar-refractivity contribution in [1.29, 1.82) is 0 Å². The molecule has 1 N–H and O–H groups in total. The minimum absolute atomic E-state index is 0.551. The maximum atomic E-state index is 4.68. The Morgan fingerprint density at radius 2 is 2.06 bits per heavy atom. The predicted molar refractivity (Wildman–Crippen MR) is 77.0 cm³/mol. The molecule has 0 amide bonds. The molecule has 1 atom stereocenters. The number of hydrogen-bond donors (Lipinski definition) is 1. The summed E-state index contributed by atoms with van der Waals surface area (Å²) < 4.78 is 2.36. The van der Waals surface area contributed by atoms with Crippen LogP contribution >= 0.6 is 0 Å². The zero-order valence-electron chi connectivity index (χ0n) is 12.2. The van der Waals surface area contributed by atoms with E-state index in [1.165, 1.54) is 25.7 Å². The van der Waals surface area contributed by atoms with Crippen molar-refractivity contribution in [3.8, 4) is 0 Å². The van der Waals surface area contributed by atoms with Crippen LogP contribution < -0.4 is 5.32 Å². The van der Waals surface area contributed by atoms with Crippen LogP contribution in [-0.4, -0.2) is 15.6 Å². The molecule has 0 aromatic carbocycles. The van der Waals surface area contributed by atoms with Crippen LogP contribution in [-0.2, 0) is 0 Å².